The average molecular weight is 248 g/mol. The van der Waals surface area contributed by atoms with E-state index in [0.29, 0.717) is 5.92 Å². The van der Waals surface area contributed by atoms with E-state index < -0.39 is 0 Å². The molecule has 3 heteroatoms. The van der Waals surface area contributed by atoms with Crippen LogP contribution in [0.3, 0.4) is 0 Å². The Kier molecular flexibility index (Phi) is 4.61. The summed E-state index contributed by atoms with van der Waals surface area (Å²) in [6.07, 6.45) is 2.39. The molecule has 0 saturated heterocycles. The number of aliphatic hydroxyl groups excluding tert-OH is 1. The maximum Gasteiger partial charge on any atom is 0.0587 e. The van der Waals surface area contributed by atoms with Crippen LogP contribution in [0.4, 0.5) is 5.69 Å². The Morgan fingerprint density at radius 2 is 2.22 bits per heavy atom. The van der Waals surface area contributed by atoms with Gasteiger partial charge in [0.05, 0.1) is 6.61 Å². The number of rotatable bonds is 5. The number of aliphatic hydroxyl groups is 1. The van der Waals surface area contributed by atoms with Crippen LogP contribution < -0.4 is 10.6 Å². The third-order valence-corrected chi connectivity index (χ3v) is 3.72. The van der Waals surface area contributed by atoms with Crippen LogP contribution in [0.15, 0.2) is 18.2 Å². The Morgan fingerprint density at radius 3 is 2.94 bits per heavy atom. The monoisotopic (exact) mass is 248 g/mol. The van der Waals surface area contributed by atoms with E-state index in [-0.39, 0.29) is 12.6 Å². The van der Waals surface area contributed by atoms with E-state index in [4.69, 9.17) is 0 Å². The molecule has 18 heavy (non-hydrogen) atoms. The standard InChI is InChI=1S/C15H24N2O/c1-11(2)14(10-18)17-9-13-6-3-5-12-7-4-8-16-15(12)13/h3,5-6,11,14,16-18H,4,7-10H2,1-2H3/t14-/m1/s1. The predicted molar refractivity (Wildman–Crippen MR) is 75.8 cm³/mol. The summed E-state index contributed by atoms with van der Waals surface area (Å²) in [5.41, 5.74) is 4.04. The lowest BCUT2D eigenvalue weighted by atomic mass is 9.98. The minimum atomic E-state index is 0.171. The molecule has 100 valence electrons. The van der Waals surface area contributed by atoms with Crippen LogP contribution in [0.2, 0.25) is 0 Å². The molecule has 0 amide bonds. The maximum absolute atomic E-state index is 9.33. The highest BCUT2D eigenvalue weighted by Gasteiger charge is 2.15. The number of benzene rings is 1. The molecular formula is C15H24N2O. The van der Waals surface area contributed by atoms with Crippen LogP contribution >= 0.6 is 0 Å². The van der Waals surface area contributed by atoms with Crippen LogP contribution in [0.1, 0.15) is 31.4 Å². The Morgan fingerprint density at radius 1 is 1.39 bits per heavy atom. The molecule has 0 saturated carbocycles. The molecule has 1 aliphatic heterocycles. The van der Waals surface area contributed by atoms with Crippen molar-refractivity contribution in [3.63, 3.8) is 0 Å². The smallest absolute Gasteiger partial charge is 0.0587 e. The lowest BCUT2D eigenvalue weighted by Crippen LogP contribution is -2.36. The van der Waals surface area contributed by atoms with E-state index in [1.54, 1.807) is 0 Å². The molecule has 1 aliphatic rings. The number of anilines is 1. The number of fused-ring (bicyclic) bond motifs is 1. The first-order valence-corrected chi connectivity index (χ1v) is 6.91. The zero-order valence-electron chi connectivity index (χ0n) is 11.4. The van der Waals surface area contributed by atoms with Crippen molar-refractivity contribution >= 4 is 5.69 Å². The van der Waals surface area contributed by atoms with Gasteiger partial charge in [-0.2, -0.15) is 0 Å². The van der Waals surface area contributed by atoms with Crippen molar-refractivity contribution in [2.45, 2.75) is 39.3 Å². The third-order valence-electron chi connectivity index (χ3n) is 3.72. The fourth-order valence-corrected chi connectivity index (χ4v) is 2.48. The van der Waals surface area contributed by atoms with E-state index in [0.717, 1.165) is 13.1 Å². The first kappa shape index (κ1) is 13.4. The van der Waals surface area contributed by atoms with E-state index in [1.807, 2.05) is 0 Å². The molecule has 1 aromatic rings. The Hall–Kier alpha value is -1.06. The van der Waals surface area contributed by atoms with Gasteiger partial charge < -0.3 is 15.7 Å². The molecule has 1 atom stereocenters. The third kappa shape index (κ3) is 3.03. The Balaban J connectivity index is 2.05. The van der Waals surface area contributed by atoms with Crippen molar-refractivity contribution in [2.75, 3.05) is 18.5 Å². The van der Waals surface area contributed by atoms with Gasteiger partial charge in [0.1, 0.15) is 0 Å². The summed E-state index contributed by atoms with van der Waals surface area (Å²) in [5, 5.41) is 16.3. The predicted octanol–water partition coefficient (Wildman–Crippen LogP) is 2.15. The first-order chi connectivity index (χ1) is 8.72. The fourth-order valence-electron chi connectivity index (χ4n) is 2.48. The van der Waals surface area contributed by atoms with Crippen LogP contribution in [0.5, 0.6) is 0 Å². The van der Waals surface area contributed by atoms with Gasteiger partial charge in [0.15, 0.2) is 0 Å². The number of nitrogens with one attached hydrogen (secondary N) is 2. The summed E-state index contributed by atoms with van der Waals surface area (Å²) in [4.78, 5) is 0. The number of para-hydroxylation sites is 1. The highest BCUT2D eigenvalue weighted by molar-refractivity contribution is 5.59. The zero-order valence-corrected chi connectivity index (χ0v) is 11.4. The quantitative estimate of drug-likeness (QED) is 0.748. The molecule has 0 fully saturated rings. The average Bonchev–Trinajstić information content (AvgIpc) is 2.39. The molecule has 3 nitrogen and oxygen atoms in total. The van der Waals surface area contributed by atoms with Crippen LogP contribution in [0, 0.1) is 5.92 Å². The second-order valence-electron chi connectivity index (χ2n) is 5.40. The minimum Gasteiger partial charge on any atom is -0.395 e. The van der Waals surface area contributed by atoms with Crippen LogP contribution in [-0.2, 0) is 13.0 Å². The van der Waals surface area contributed by atoms with E-state index in [1.165, 1.54) is 29.7 Å². The van der Waals surface area contributed by atoms with Crippen molar-refractivity contribution in [3.8, 4) is 0 Å². The molecule has 0 spiro atoms. The molecule has 0 radical (unpaired) electrons. The highest BCUT2D eigenvalue weighted by atomic mass is 16.3. The van der Waals surface area contributed by atoms with Gasteiger partial charge in [0.25, 0.3) is 0 Å². The molecule has 0 aliphatic carbocycles. The summed E-state index contributed by atoms with van der Waals surface area (Å²) >= 11 is 0. The van der Waals surface area contributed by atoms with Crippen molar-refractivity contribution < 1.29 is 5.11 Å². The second kappa shape index (κ2) is 6.21. The highest BCUT2D eigenvalue weighted by Crippen LogP contribution is 2.26. The summed E-state index contributed by atoms with van der Waals surface area (Å²) < 4.78 is 0. The van der Waals surface area contributed by atoms with Gasteiger partial charge in [-0.1, -0.05) is 32.0 Å². The zero-order chi connectivity index (χ0) is 13.0. The first-order valence-electron chi connectivity index (χ1n) is 6.91. The molecule has 0 bridgehead atoms. The molecule has 0 unspecified atom stereocenters. The van der Waals surface area contributed by atoms with Crippen LogP contribution in [0.25, 0.3) is 0 Å². The molecule has 2 rings (SSSR count). The van der Waals surface area contributed by atoms with E-state index in [9.17, 15) is 5.11 Å². The number of aryl methyl sites for hydroxylation is 1. The largest absolute Gasteiger partial charge is 0.395 e. The molecule has 1 aromatic carbocycles. The molecule has 0 aromatic heterocycles. The van der Waals surface area contributed by atoms with Gasteiger partial charge in [0, 0.05) is 24.8 Å². The Labute approximate surface area is 110 Å². The van der Waals surface area contributed by atoms with Crippen molar-refractivity contribution in [2.24, 2.45) is 5.92 Å². The SMILES string of the molecule is CC(C)[C@@H](CO)NCc1cccc2c1NCCC2. The van der Waals surface area contributed by atoms with Crippen molar-refractivity contribution in [1.82, 2.24) is 5.32 Å². The van der Waals surface area contributed by atoms with Gasteiger partial charge in [-0.05, 0) is 29.9 Å². The molecular weight excluding hydrogens is 224 g/mol. The van der Waals surface area contributed by atoms with Gasteiger partial charge in [-0.15, -0.1) is 0 Å². The summed E-state index contributed by atoms with van der Waals surface area (Å²) in [7, 11) is 0. The number of hydrogen-bond acceptors (Lipinski definition) is 3. The van der Waals surface area contributed by atoms with Crippen molar-refractivity contribution in [3.05, 3.63) is 29.3 Å². The van der Waals surface area contributed by atoms with Gasteiger partial charge in [0.2, 0.25) is 0 Å². The summed E-state index contributed by atoms with van der Waals surface area (Å²) in [5.74, 6) is 0.447. The minimum absolute atomic E-state index is 0.171. The van der Waals surface area contributed by atoms with E-state index in [2.05, 4.69) is 42.7 Å². The lowest BCUT2D eigenvalue weighted by Gasteiger charge is -2.24. The Bertz CT molecular complexity index is 390. The van der Waals surface area contributed by atoms with Crippen molar-refractivity contribution in [1.29, 1.82) is 0 Å². The normalized spacial score (nSPS) is 16.2. The van der Waals surface area contributed by atoms with Crippen LogP contribution in [-0.4, -0.2) is 24.3 Å². The van der Waals surface area contributed by atoms with E-state index >= 15 is 0 Å². The fraction of sp³-hybridized carbons (Fsp3) is 0.600. The van der Waals surface area contributed by atoms with Gasteiger partial charge >= 0.3 is 0 Å². The molecule has 1 heterocycles. The van der Waals surface area contributed by atoms with Gasteiger partial charge in [-0.25, -0.2) is 0 Å². The summed E-state index contributed by atoms with van der Waals surface area (Å²) in [6, 6.07) is 6.67. The maximum atomic E-state index is 9.33. The van der Waals surface area contributed by atoms with Gasteiger partial charge in [-0.3, -0.25) is 0 Å². The lowest BCUT2D eigenvalue weighted by molar-refractivity contribution is 0.210. The molecule has 3 N–H and O–H groups in total. The topological polar surface area (TPSA) is 44.3 Å². The summed E-state index contributed by atoms with van der Waals surface area (Å²) in [6.45, 7) is 6.34. The number of hydrogen-bond donors (Lipinski definition) is 3. The second-order valence-corrected chi connectivity index (χ2v) is 5.40.